The van der Waals surface area contributed by atoms with Crippen molar-refractivity contribution in [2.24, 2.45) is 10.7 Å². The Hall–Kier alpha value is -2.56. The highest BCUT2D eigenvalue weighted by molar-refractivity contribution is 7.83. The second kappa shape index (κ2) is 8.76. The molecule has 0 amide bonds. The average Bonchev–Trinajstić information content (AvgIpc) is 3.36. The van der Waals surface area contributed by atoms with Crippen molar-refractivity contribution in [3.63, 3.8) is 0 Å². The van der Waals surface area contributed by atoms with E-state index in [9.17, 15) is 4.21 Å². The van der Waals surface area contributed by atoms with E-state index in [0.717, 1.165) is 15.4 Å². The van der Waals surface area contributed by atoms with Gasteiger partial charge in [0, 0.05) is 25.4 Å². The van der Waals surface area contributed by atoms with Crippen LogP contribution in [0.2, 0.25) is 5.02 Å². The first-order valence-corrected chi connectivity index (χ1v) is 12.4. The average molecular weight is 491 g/mol. The van der Waals surface area contributed by atoms with E-state index in [2.05, 4.69) is 15.0 Å². The molecule has 0 radical (unpaired) electrons. The number of hydrogen-bond donors (Lipinski definition) is 2. The number of aryl methyl sites for hydroxylation is 1. The Balaban J connectivity index is 1.67. The maximum absolute atomic E-state index is 12.5. The third-order valence-corrected chi connectivity index (χ3v) is 8.56. The Morgan fingerprint density at radius 2 is 2.25 bits per heavy atom. The summed E-state index contributed by atoms with van der Waals surface area (Å²) in [5, 5.41) is 9.02. The molecule has 8 nitrogen and oxygen atoms in total. The SMILES string of the molecule is CCc1nc(-c2cc(Cl)c(C3(C)CS(=O)N(C)C(N)=N3)s2)oc1C(=N)Cc1ccccn1. The predicted molar refractivity (Wildman–Crippen MR) is 129 cm³/mol. The molecule has 0 aliphatic carbocycles. The van der Waals surface area contributed by atoms with Crippen molar-refractivity contribution in [3.05, 3.63) is 57.5 Å². The van der Waals surface area contributed by atoms with E-state index in [1.165, 1.54) is 15.6 Å². The predicted octanol–water partition coefficient (Wildman–Crippen LogP) is 3.76. The lowest BCUT2D eigenvalue weighted by Crippen LogP contribution is -2.47. The molecule has 4 heterocycles. The molecule has 0 saturated carbocycles. The van der Waals surface area contributed by atoms with Crippen molar-refractivity contribution < 1.29 is 8.63 Å². The van der Waals surface area contributed by atoms with Crippen LogP contribution in [-0.2, 0) is 29.4 Å². The fourth-order valence-electron chi connectivity index (χ4n) is 3.45. The minimum absolute atomic E-state index is 0.206. The summed E-state index contributed by atoms with van der Waals surface area (Å²) >= 11 is 7.95. The van der Waals surface area contributed by atoms with Crippen LogP contribution in [0.4, 0.5) is 0 Å². The van der Waals surface area contributed by atoms with Crippen LogP contribution in [0.1, 0.15) is 35.9 Å². The Morgan fingerprint density at radius 3 is 2.91 bits per heavy atom. The van der Waals surface area contributed by atoms with E-state index in [0.29, 0.717) is 40.9 Å². The van der Waals surface area contributed by atoms with Crippen LogP contribution >= 0.6 is 22.9 Å². The first kappa shape index (κ1) is 22.6. The number of halogens is 1. The highest BCUT2D eigenvalue weighted by Crippen LogP contribution is 2.43. The summed E-state index contributed by atoms with van der Waals surface area (Å²) in [4.78, 5) is 14.9. The van der Waals surface area contributed by atoms with Crippen molar-refractivity contribution in [1.82, 2.24) is 14.3 Å². The van der Waals surface area contributed by atoms with Gasteiger partial charge in [0.15, 0.2) is 5.76 Å². The molecule has 3 aromatic rings. The zero-order valence-electron chi connectivity index (χ0n) is 17.9. The Morgan fingerprint density at radius 1 is 1.47 bits per heavy atom. The number of rotatable bonds is 6. The van der Waals surface area contributed by atoms with Gasteiger partial charge in [-0.25, -0.2) is 14.2 Å². The van der Waals surface area contributed by atoms with Crippen LogP contribution in [-0.4, -0.2) is 43.0 Å². The molecule has 168 valence electrons. The van der Waals surface area contributed by atoms with Gasteiger partial charge in [0.05, 0.1) is 31.9 Å². The fraction of sp³-hybridized carbons (Fsp3) is 0.333. The van der Waals surface area contributed by atoms with Crippen molar-refractivity contribution >= 4 is 45.6 Å². The minimum Gasteiger partial charge on any atom is -0.434 e. The minimum atomic E-state index is -1.30. The quantitative estimate of drug-likeness (QED) is 0.509. The van der Waals surface area contributed by atoms with Gasteiger partial charge in [0.25, 0.3) is 0 Å². The Bertz CT molecular complexity index is 1220. The lowest BCUT2D eigenvalue weighted by Gasteiger charge is -2.33. The number of aliphatic imine (C=N–C) groups is 1. The van der Waals surface area contributed by atoms with Crippen molar-refractivity contribution in [2.45, 2.75) is 32.2 Å². The maximum atomic E-state index is 12.5. The zero-order chi connectivity index (χ0) is 23.0. The monoisotopic (exact) mass is 490 g/mol. The van der Waals surface area contributed by atoms with Gasteiger partial charge < -0.3 is 15.6 Å². The summed E-state index contributed by atoms with van der Waals surface area (Å²) in [6, 6.07) is 7.38. The number of nitrogens with zero attached hydrogens (tertiary/aromatic N) is 4. The molecule has 0 aromatic carbocycles. The number of aromatic nitrogens is 2. The van der Waals surface area contributed by atoms with E-state index < -0.39 is 16.5 Å². The summed E-state index contributed by atoms with van der Waals surface area (Å²) in [6.45, 7) is 3.84. The Labute approximate surface area is 197 Å². The Kier molecular flexibility index (Phi) is 6.19. The van der Waals surface area contributed by atoms with Crippen LogP contribution in [0.5, 0.6) is 0 Å². The lowest BCUT2D eigenvalue weighted by atomic mass is 10.0. The molecule has 3 N–H and O–H groups in total. The molecule has 11 heteroatoms. The number of thiophene rings is 1. The van der Waals surface area contributed by atoms with Crippen LogP contribution in [0.25, 0.3) is 10.8 Å². The molecule has 0 fully saturated rings. The molecule has 3 aromatic heterocycles. The molecule has 32 heavy (non-hydrogen) atoms. The van der Waals surface area contributed by atoms with E-state index >= 15 is 0 Å². The van der Waals surface area contributed by atoms with Gasteiger partial charge in [0.1, 0.15) is 16.5 Å². The number of oxazole rings is 1. The van der Waals surface area contributed by atoms with E-state index in [-0.39, 0.29) is 11.7 Å². The van der Waals surface area contributed by atoms with Gasteiger partial charge in [-0.05, 0) is 31.5 Å². The van der Waals surface area contributed by atoms with Crippen LogP contribution in [0.3, 0.4) is 0 Å². The molecule has 4 rings (SSSR count). The van der Waals surface area contributed by atoms with E-state index in [1.807, 2.05) is 32.0 Å². The molecule has 1 aliphatic rings. The standard InChI is InChI=1S/C21H23ClN6O2S2/c1-4-15-17(14(23)9-12-7-5-6-8-25-12)30-19(26-15)16-10-13(22)18(31-16)21(2)11-32(29)28(3)20(24)27-21/h5-8,10,23H,4,9,11H2,1-3H3,(H2,24,27). The van der Waals surface area contributed by atoms with Crippen molar-refractivity contribution in [2.75, 3.05) is 12.8 Å². The molecule has 2 unspecified atom stereocenters. The third kappa shape index (κ3) is 4.22. The number of pyridine rings is 1. The van der Waals surface area contributed by atoms with Crippen LogP contribution in [0, 0.1) is 5.41 Å². The van der Waals surface area contributed by atoms with Gasteiger partial charge in [-0.2, -0.15) is 0 Å². The first-order valence-electron chi connectivity index (χ1n) is 9.97. The first-order chi connectivity index (χ1) is 15.2. The summed E-state index contributed by atoms with van der Waals surface area (Å²) in [5.41, 5.74) is 6.98. The third-order valence-electron chi connectivity index (χ3n) is 5.17. The summed E-state index contributed by atoms with van der Waals surface area (Å²) in [7, 11) is 0.347. The highest BCUT2D eigenvalue weighted by atomic mass is 35.5. The second-order valence-electron chi connectivity index (χ2n) is 7.62. The van der Waals surface area contributed by atoms with Crippen molar-refractivity contribution in [1.29, 1.82) is 5.41 Å². The number of hydrogen-bond acceptors (Lipinski definition) is 8. The maximum Gasteiger partial charge on any atom is 0.237 e. The van der Waals surface area contributed by atoms with E-state index in [4.69, 9.17) is 27.2 Å². The number of nitrogens with two attached hydrogens (primary N) is 1. The summed E-state index contributed by atoms with van der Waals surface area (Å²) in [6.07, 6.45) is 2.68. The smallest absolute Gasteiger partial charge is 0.237 e. The zero-order valence-corrected chi connectivity index (χ0v) is 20.3. The lowest BCUT2D eigenvalue weighted by molar-refractivity contribution is 0.524. The van der Waals surface area contributed by atoms with Gasteiger partial charge in [-0.15, -0.1) is 11.3 Å². The molecule has 2 atom stereocenters. The summed E-state index contributed by atoms with van der Waals surface area (Å²) in [5.74, 6) is 1.33. The van der Waals surface area contributed by atoms with Gasteiger partial charge in [-0.3, -0.25) is 9.29 Å². The van der Waals surface area contributed by atoms with Gasteiger partial charge >= 0.3 is 0 Å². The molecule has 0 bridgehead atoms. The molecular formula is C21H23ClN6O2S2. The largest absolute Gasteiger partial charge is 0.434 e. The molecule has 0 saturated heterocycles. The molecule has 0 spiro atoms. The number of guanidine groups is 1. The van der Waals surface area contributed by atoms with Gasteiger partial charge in [0.2, 0.25) is 11.9 Å². The number of nitrogens with one attached hydrogen (secondary N) is 1. The molecule has 1 aliphatic heterocycles. The topological polar surface area (TPSA) is 121 Å². The second-order valence-corrected chi connectivity index (χ2v) is 10.6. The van der Waals surface area contributed by atoms with Crippen molar-refractivity contribution in [3.8, 4) is 10.8 Å². The van der Waals surface area contributed by atoms with Crippen LogP contribution < -0.4 is 5.73 Å². The normalized spacial score (nSPS) is 20.9. The van der Waals surface area contributed by atoms with E-state index in [1.54, 1.807) is 19.3 Å². The summed E-state index contributed by atoms with van der Waals surface area (Å²) < 4.78 is 20.0. The van der Waals surface area contributed by atoms with Crippen LogP contribution in [0.15, 0.2) is 39.9 Å². The highest BCUT2D eigenvalue weighted by Gasteiger charge is 2.39. The fourth-order valence-corrected chi connectivity index (χ4v) is 6.23. The van der Waals surface area contributed by atoms with Gasteiger partial charge in [-0.1, -0.05) is 24.6 Å². The molecular weight excluding hydrogens is 468 g/mol.